The van der Waals surface area contributed by atoms with Crippen LogP contribution in [0.5, 0.6) is 0 Å². The average molecular weight is 336 g/mol. The van der Waals surface area contributed by atoms with Crippen molar-refractivity contribution in [3.05, 3.63) is 23.8 Å². The second kappa shape index (κ2) is 6.10. The van der Waals surface area contributed by atoms with Crippen molar-refractivity contribution in [2.45, 2.75) is 29.7 Å². The molecule has 1 unspecified atom stereocenters. The van der Waals surface area contributed by atoms with Gasteiger partial charge in [-0.05, 0) is 44.7 Å². The molecule has 10 heteroatoms. The summed E-state index contributed by atoms with van der Waals surface area (Å²) in [6.45, 7) is 2.64. The van der Waals surface area contributed by atoms with Crippen molar-refractivity contribution in [2.75, 3.05) is 7.05 Å². The van der Waals surface area contributed by atoms with Crippen LogP contribution in [0.3, 0.4) is 0 Å². The molecule has 118 valence electrons. The van der Waals surface area contributed by atoms with Crippen molar-refractivity contribution in [3.63, 3.8) is 0 Å². The quantitative estimate of drug-likeness (QED) is 0.651. The third-order valence-electron chi connectivity index (χ3n) is 2.72. The largest absolute Gasteiger partial charge is 0.480 e. The molecule has 0 spiro atoms. The fourth-order valence-electron chi connectivity index (χ4n) is 1.55. The molecule has 0 aliphatic carbocycles. The molecular formula is C11H16N2O6S2. The zero-order chi connectivity index (χ0) is 16.4. The number of aliphatic carboxylic acids is 1. The van der Waals surface area contributed by atoms with Gasteiger partial charge in [-0.25, -0.2) is 21.6 Å². The molecule has 0 radical (unpaired) electrons. The van der Waals surface area contributed by atoms with E-state index < -0.39 is 32.1 Å². The van der Waals surface area contributed by atoms with E-state index in [1.165, 1.54) is 27.0 Å². The van der Waals surface area contributed by atoms with Gasteiger partial charge in [-0.2, -0.15) is 4.72 Å². The van der Waals surface area contributed by atoms with E-state index in [0.29, 0.717) is 0 Å². The lowest BCUT2D eigenvalue weighted by molar-refractivity contribution is -0.138. The fourth-order valence-corrected chi connectivity index (χ4v) is 3.78. The van der Waals surface area contributed by atoms with Gasteiger partial charge in [-0.1, -0.05) is 0 Å². The maximum atomic E-state index is 12.0. The zero-order valence-corrected chi connectivity index (χ0v) is 13.2. The number of nitrogens with one attached hydrogen (secondary N) is 2. The zero-order valence-electron chi connectivity index (χ0n) is 11.6. The van der Waals surface area contributed by atoms with Crippen LogP contribution in [0, 0.1) is 6.92 Å². The Kier molecular flexibility index (Phi) is 5.10. The molecule has 1 aromatic carbocycles. The molecule has 0 aromatic heterocycles. The SMILES string of the molecule is CNS(=O)(=O)c1ccc(S(=O)(=O)NC(C)C(=O)O)cc1C. The summed E-state index contributed by atoms with van der Waals surface area (Å²) in [6, 6.07) is 2.13. The predicted molar refractivity (Wildman–Crippen MR) is 74.8 cm³/mol. The normalized spacial score (nSPS) is 13.9. The van der Waals surface area contributed by atoms with Crippen LogP contribution in [0.1, 0.15) is 12.5 Å². The first-order chi connectivity index (χ1) is 9.51. The van der Waals surface area contributed by atoms with Gasteiger partial charge >= 0.3 is 5.97 Å². The molecule has 0 aliphatic rings. The summed E-state index contributed by atoms with van der Waals surface area (Å²) in [5, 5.41) is 8.72. The Bertz CT molecular complexity index is 755. The van der Waals surface area contributed by atoms with Gasteiger partial charge in [0.25, 0.3) is 0 Å². The van der Waals surface area contributed by atoms with Crippen molar-refractivity contribution in [1.29, 1.82) is 0 Å². The number of carboxylic acids is 1. The highest BCUT2D eigenvalue weighted by Crippen LogP contribution is 2.19. The number of sulfonamides is 2. The Balaban J connectivity index is 3.24. The Labute approximate surface area is 123 Å². The highest BCUT2D eigenvalue weighted by atomic mass is 32.2. The lowest BCUT2D eigenvalue weighted by Gasteiger charge is -2.12. The number of aryl methyl sites for hydroxylation is 1. The Morgan fingerprint density at radius 1 is 1.19 bits per heavy atom. The molecule has 0 fully saturated rings. The van der Waals surface area contributed by atoms with E-state index in [4.69, 9.17) is 5.11 Å². The molecule has 0 aliphatic heterocycles. The Hall–Kier alpha value is -1.49. The van der Waals surface area contributed by atoms with Crippen LogP contribution < -0.4 is 9.44 Å². The van der Waals surface area contributed by atoms with Crippen LogP contribution in [0.2, 0.25) is 0 Å². The van der Waals surface area contributed by atoms with Gasteiger partial charge in [0.1, 0.15) is 6.04 Å². The van der Waals surface area contributed by atoms with E-state index in [1.807, 2.05) is 4.72 Å². The molecule has 0 saturated heterocycles. The van der Waals surface area contributed by atoms with Crippen LogP contribution in [0.15, 0.2) is 28.0 Å². The minimum Gasteiger partial charge on any atom is -0.480 e. The lowest BCUT2D eigenvalue weighted by Crippen LogP contribution is -2.38. The monoisotopic (exact) mass is 336 g/mol. The van der Waals surface area contributed by atoms with E-state index >= 15 is 0 Å². The number of benzene rings is 1. The van der Waals surface area contributed by atoms with Crippen LogP contribution in [0.25, 0.3) is 0 Å². The average Bonchev–Trinajstić information content (AvgIpc) is 2.37. The standard InChI is InChI=1S/C11H16N2O6S2/c1-7-6-9(4-5-10(7)21(18,19)12-3)20(16,17)13-8(2)11(14)15/h4-6,8,12-13H,1-3H3,(H,14,15). The molecule has 1 atom stereocenters. The Morgan fingerprint density at radius 3 is 2.19 bits per heavy atom. The molecule has 8 nitrogen and oxygen atoms in total. The second-order valence-corrected chi connectivity index (χ2v) is 7.89. The first-order valence-electron chi connectivity index (χ1n) is 5.80. The van der Waals surface area contributed by atoms with E-state index in [9.17, 15) is 21.6 Å². The van der Waals surface area contributed by atoms with Gasteiger partial charge in [0, 0.05) is 0 Å². The van der Waals surface area contributed by atoms with Gasteiger partial charge in [-0.15, -0.1) is 0 Å². The van der Waals surface area contributed by atoms with Gasteiger partial charge in [0.05, 0.1) is 9.79 Å². The van der Waals surface area contributed by atoms with E-state index in [0.717, 1.165) is 12.1 Å². The van der Waals surface area contributed by atoms with E-state index in [2.05, 4.69) is 4.72 Å². The van der Waals surface area contributed by atoms with Crippen LogP contribution in [-0.4, -0.2) is 41.0 Å². The van der Waals surface area contributed by atoms with Gasteiger partial charge in [0.15, 0.2) is 0 Å². The number of hydrogen-bond acceptors (Lipinski definition) is 5. The summed E-state index contributed by atoms with van der Waals surface area (Å²) < 4.78 is 51.5. The maximum absolute atomic E-state index is 12.0. The first kappa shape index (κ1) is 17.6. The molecule has 0 amide bonds. The van der Waals surface area contributed by atoms with E-state index in [-0.39, 0.29) is 15.4 Å². The molecule has 21 heavy (non-hydrogen) atoms. The second-order valence-electron chi connectivity index (χ2n) is 4.32. The molecule has 0 heterocycles. The van der Waals surface area contributed by atoms with Crippen molar-refractivity contribution in [1.82, 2.24) is 9.44 Å². The van der Waals surface area contributed by atoms with Crippen LogP contribution in [-0.2, 0) is 24.8 Å². The summed E-state index contributed by atoms with van der Waals surface area (Å²) in [4.78, 5) is 10.4. The number of carboxylic acid groups (broad SMARTS) is 1. The maximum Gasteiger partial charge on any atom is 0.321 e. The van der Waals surface area contributed by atoms with Crippen molar-refractivity contribution < 1.29 is 26.7 Å². The number of carbonyl (C=O) groups is 1. The third kappa shape index (κ3) is 4.00. The van der Waals surface area contributed by atoms with Crippen molar-refractivity contribution in [2.24, 2.45) is 0 Å². The summed E-state index contributed by atoms with van der Waals surface area (Å²) in [5.74, 6) is -1.32. The van der Waals surface area contributed by atoms with Crippen LogP contribution in [0.4, 0.5) is 0 Å². The lowest BCUT2D eigenvalue weighted by atomic mass is 10.2. The number of hydrogen-bond donors (Lipinski definition) is 3. The van der Waals surface area contributed by atoms with Crippen LogP contribution >= 0.6 is 0 Å². The molecule has 0 bridgehead atoms. The Morgan fingerprint density at radius 2 is 1.76 bits per heavy atom. The predicted octanol–water partition coefficient (Wildman–Crippen LogP) is -0.345. The van der Waals surface area contributed by atoms with Gasteiger partial charge in [-0.3, -0.25) is 4.79 Å². The summed E-state index contributed by atoms with van der Waals surface area (Å²) in [7, 11) is -6.48. The minimum absolute atomic E-state index is 0.0461. The number of rotatable bonds is 6. The molecular weight excluding hydrogens is 320 g/mol. The highest BCUT2D eigenvalue weighted by Gasteiger charge is 2.23. The summed E-state index contributed by atoms with van der Waals surface area (Å²) in [6.07, 6.45) is 0. The highest BCUT2D eigenvalue weighted by molar-refractivity contribution is 7.90. The first-order valence-corrected chi connectivity index (χ1v) is 8.77. The van der Waals surface area contributed by atoms with E-state index in [1.54, 1.807) is 0 Å². The van der Waals surface area contributed by atoms with Gasteiger partial charge < -0.3 is 5.11 Å². The smallest absolute Gasteiger partial charge is 0.321 e. The molecule has 3 N–H and O–H groups in total. The third-order valence-corrected chi connectivity index (χ3v) is 5.83. The summed E-state index contributed by atoms with van der Waals surface area (Å²) >= 11 is 0. The van der Waals surface area contributed by atoms with Crippen molar-refractivity contribution in [3.8, 4) is 0 Å². The topological polar surface area (TPSA) is 130 Å². The molecule has 1 aromatic rings. The molecule has 1 rings (SSSR count). The minimum atomic E-state index is -4.04. The fraction of sp³-hybridized carbons (Fsp3) is 0.364. The molecule has 0 saturated carbocycles. The van der Waals surface area contributed by atoms with Crippen molar-refractivity contribution >= 4 is 26.0 Å². The summed E-state index contributed by atoms with van der Waals surface area (Å²) in [5.41, 5.74) is 0.232. The van der Waals surface area contributed by atoms with Gasteiger partial charge in [0.2, 0.25) is 20.0 Å².